The van der Waals surface area contributed by atoms with Crippen LogP contribution in [0.25, 0.3) is 5.69 Å². The van der Waals surface area contributed by atoms with Gasteiger partial charge in [0.15, 0.2) is 0 Å². The maximum Gasteiger partial charge on any atom is 0.455 e. The number of amides is 1. The van der Waals surface area contributed by atoms with Crippen molar-refractivity contribution in [1.82, 2.24) is 14.5 Å². The molecule has 2 aromatic rings. The highest BCUT2D eigenvalue weighted by atomic mass is 19.4. The minimum Gasteiger partial charge on any atom is -0.335 e. The summed E-state index contributed by atoms with van der Waals surface area (Å²) >= 11 is 0. The van der Waals surface area contributed by atoms with E-state index < -0.39 is 24.6 Å². The summed E-state index contributed by atoms with van der Waals surface area (Å²) in [5, 5.41) is 0. The number of halogens is 5. The highest BCUT2D eigenvalue weighted by Crippen LogP contribution is 2.35. The van der Waals surface area contributed by atoms with Gasteiger partial charge in [0.25, 0.3) is 5.91 Å². The molecular weight excluding hydrogens is 321 g/mol. The van der Waals surface area contributed by atoms with Gasteiger partial charge in [-0.25, -0.2) is 4.98 Å². The van der Waals surface area contributed by atoms with Crippen LogP contribution < -0.4 is 0 Å². The van der Waals surface area contributed by atoms with E-state index in [-0.39, 0.29) is 5.56 Å². The van der Waals surface area contributed by atoms with E-state index in [9.17, 15) is 26.7 Å². The van der Waals surface area contributed by atoms with Crippen LogP contribution in [-0.4, -0.2) is 46.0 Å². The van der Waals surface area contributed by atoms with Crippen LogP contribution in [0.5, 0.6) is 0 Å². The van der Waals surface area contributed by atoms with Crippen molar-refractivity contribution in [3.8, 4) is 5.69 Å². The Morgan fingerprint density at radius 1 is 1.26 bits per heavy atom. The van der Waals surface area contributed by atoms with Gasteiger partial charge in [-0.15, -0.1) is 0 Å². The molecule has 0 saturated carbocycles. The monoisotopic (exact) mass is 333 g/mol. The Morgan fingerprint density at radius 3 is 2.52 bits per heavy atom. The van der Waals surface area contributed by atoms with Gasteiger partial charge in [0.1, 0.15) is 0 Å². The predicted octanol–water partition coefficient (Wildman–Crippen LogP) is 3.14. The summed E-state index contributed by atoms with van der Waals surface area (Å²) in [5.74, 6) is -5.91. The van der Waals surface area contributed by atoms with Gasteiger partial charge in [0, 0.05) is 30.7 Å². The molecular formula is C14H12F5N3O. The van der Waals surface area contributed by atoms with Gasteiger partial charge in [-0.05, 0) is 18.2 Å². The zero-order valence-electron chi connectivity index (χ0n) is 11.9. The number of imidazole rings is 1. The first kappa shape index (κ1) is 16.9. The van der Waals surface area contributed by atoms with Crippen LogP contribution in [0.4, 0.5) is 22.0 Å². The van der Waals surface area contributed by atoms with Crippen molar-refractivity contribution >= 4 is 5.91 Å². The van der Waals surface area contributed by atoms with E-state index in [0.717, 1.165) is 7.05 Å². The molecule has 1 aromatic heterocycles. The zero-order chi connectivity index (χ0) is 17.3. The topological polar surface area (TPSA) is 38.1 Å². The minimum atomic E-state index is -5.71. The molecule has 1 aromatic carbocycles. The quantitative estimate of drug-likeness (QED) is 0.806. The molecule has 0 aliphatic rings. The number of aromatic nitrogens is 2. The molecule has 0 atom stereocenters. The first-order chi connectivity index (χ1) is 10.6. The van der Waals surface area contributed by atoms with Gasteiger partial charge in [-0.1, -0.05) is 6.07 Å². The molecule has 0 aliphatic heterocycles. The molecule has 0 saturated heterocycles. The van der Waals surface area contributed by atoms with Crippen LogP contribution in [0, 0.1) is 0 Å². The number of nitrogens with zero attached hydrogens (tertiary/aromatic N) is 3. The number of benzene rings is 1. The fraction of sp³-hybridized carbons (Fsp3) is 0.286. The third kappa shape index (κ3) is 3.66. The normalized spacial score (nSPS) is 12.3. The van der Waals surface area contributed by atoms with Crippen LogP contribution in [-0.2, 0) is 0 Å². The van der Waals surface area contributed by atoms with E-state index in [0.29, 0.717) is 10.6 Å². The van der Waals surface area contributed by atoms with Crippen LogP contribution in [0.3, 0.4) is 0 Å². The fourth-order valence-corrected chi connectivity index (χ4v) is 1.89. The maximum absolute atomic E-state index is 13.0. The molecule has 2 rings (SSSR count). The average molecular weight is 333 g/mol. The predicted molar refractivity (Wildman–Crippen MR) is 71.5 cm³/mol. The average Bonchev–Trinajstić information content (AvgIpc) is 2.99. The molecule has 0 unspecified atom stereocenters. The molecule has 0 radical (unpaired) electrons. The van der Waals surface area contributed by atoms with Crippen LogP contribution in [0.1, 0.15) is 10.4 Å². The standard InChI is InChI=1S/C14H12F5N3O/c1-21(8-13(15,16)14(17,18)19)12(23)10-3-2-4-11(7-10)22-6-5-20-9-22/h2-7,9H,8H2,1H3. The Kier molecular flexibility index (Phi) is 4.39. The molecule has 0 bridgehead atoms. The third-order valence-corrected chi connectivity index (χ3v) is 3.09. The molecule has 0 aliphatic carbocycles. The number of alkyl halides is 5. The fourth-order valence-electron chi connectivity index (χ4n) is 1.89. The van der Waals surface area contributed by atoms with Crippen molar-refractivity contribution < 1.29 is 26.7 Å². The lowest BCUT2D eigenvalue weighted by atomic mass is 10.1. The van der Waals surface area contributed by atoms with Crippen molar-refractivity contribution in [3.63, 3.8) is 0 Å². The SMILES string of the molecule is CN(CC(F)(F)C(F)(F)F)C(=O)c1cccc(-n2ccnc2)c1. The maximum atomic E-state index is 13.0. The Hall–Kier alpha value is -2.45. The van der Waals surface area contributed by atoms with Gasteiger partial charge >= 0.3 is 12.1 Å². The summed E-state index contributed by atoms with van der Waals surface area (Å²) in [6.45, 7) is -1.75. The lowest BCUT2D eigenvalue weighted by molar-refractivity contribution is -0.283. The first-order valence-corrected chi connectivity index (χ1v) is 6.40. The third-order valence-electron chi connectivity index (χ3n) is 3.09. The van der Waals surface area contributed by atoms with E-state index in [1.54, 1.807) is 16.8 Å². The highest BCUT2D eigenvalue weighted by Gasteiger charge is 2.58. The van der Waals surface area contributed by atoms with E-state index >= 15 is 0 Å². The molecule has 0 spiro atoms. The van der Waals surface area contributed by atoms with Crippen molar-refractivity contribution in [3.05, 3.63) is 48.5 Å². The van der Waals surface area contributed by atoms with Gasteiger partial charge in [0.05, 0.1) is 12.9 Å². The smallest absolute Gasteiger partial charge is 0.335 e. The van der Waals surface area contributed by atoms with Crippen LogP contribution in [0.2, 0.25) is 0 Å². The minimum absolute atomic E-state index is 0.00308. The summed E-state index contributed by atoms with van der Waals surface area (Å²) in [5.41, 5.74) is 0.529. The molecule has 4 nitrogen and oxygen atoms in total. The highest BCUT2D eigenvalue weighted by molar-refractivity contribution is 5.94. The zero-order valence-corrected chi connectivity index (χ0v) is 11.9. The van der Waals surface area contributed by atoms with Gasteiger partial charge in [0.2, 0.25) is 0 Å². The summed E-state index contributed by atoms with van der Waals surface area (Å²) in [6, 6.07) is 5.86. The van der Waals surface area contributed by atoms with Gasteiger partial charge < -0.3 is 9.47 Å². The Labute approximate surface area is 128 Å². The second-order valence-corrected chi connectivity index (χ2v) is 4.88. The van der Waals surface area contributed by atoms with Crippen molar-refractivity contribution in [2.24, 2.45) is 0 Å². The first-order valence-electron chi connectivity index (χ1n) is 6.40. The summed E-state index contributed by atoms with van der Waals surface area (Å²) in [4.78, 5) is 16.2. The van der Waals surface area contributed by atoms with E-state index in [4.69, 9.17) is 0 Å². The Balaban J connectivity index is 2.19. The van der Waals surface area contributed by atoms with E-state index in [1.807, 2.05) is 0 Å². The van der Waals surface area contributed by atoms with Crippen molar-refractivity contribution in [2.75, 3.05) is 13.6 Å². The number of carbonyl (C=O) groups is 1. The lowest BCUT2D eigenvalue weighted by Crippen LogP contribution is -2.47. The molecule has 1 amide bonds. The largest absolute Gasteiger partial charge is 0.455 e. The number of rotatable bonds is 4. The molecule has 23 heavy (non-hydrogen) atoms. The summed E-state index contributed by atoms with van der Waals surface area (Å²) in [6.07, 6.45) is -1.14. The molecule has 9 heteroatoms. The number of carbonyl (C=O) groups excluding carboxylic acids is 1. The van der Waals surface area contributed by atoms with Crippen molar-refractivity contribution in [1.29, 1.82) is 0 Å². The second kappa shape index (κ2) is 5.98. The van der Waals surface area contributed by atoms with E-state index in [1.165, 1.54) is 30.7 Å². The van der Waals surface area contributed by atoms with Gasteiger partial charge in [-0.3, -0.25) is 4.79 Å². The van der Waals surface area contributed by atoms with Crippen LogP contribution in [0.15, 0.2) is 43.0 Å². The molecule has 124 valence electrons. The van der Waals surface area contributed by atoms with Crippen molar-refractivity contribution in [2.45, 2.75) is 12.1 Å². The lowest BCUT2D eigenvalue weighted by Gasteiger charge is -2.25. The molecule has 0 fully saturated rings. The van der Waals surface area contributed by atoms with E-state index in [2.05, 4.69) is 4.98 Å². The molecule has 1 heterocycles. The van der Waals surface area contributed by atoms with Gasteiger partial charge in [-0.2, -0.15) is 22.0 Å². The Morgan fingerprint density at radius 2 is 1.96 bits per heavy atom. The number of hydrogen-bond donors (Lipinski definition) is 0. The summed E-state index contributed by atoms with van der Waals surface area (Å²) < 4.78 is 64.3. The van der Waals surface area contributed by atoms with Crippen LogP contribution >= 0.6 is 0 Å². The number of hydrogen-bond acceptors (Lipinski definition) is 2. The second-order valence-electron chi connectivity index (χ2n) is 4.88. The molecule has 0 N–H and O–H groups in total. The Bertz CT molecular complexity index is 682. The summed E-state index contributed by atoms with van der Waals surface area (Å²) in [7, 11) is 0.895.